The number of hydrogen-bond acceptors (Lipinski definition) is 6. The highest BCUT2D eigenvalue weighted by Gasteiger charge is 2.42. The standard InChI is InChI=1S/C17H20ClN3O3S2/c18-12-6-5-10(16(22)19-11-3-1-2-4-11)7-13(12)20-17-21-14-8-26(23,24)9-15(14)25-17/h5-7,11,14-15H,1-4,8-9H2,(H,19,22)(H,20,21)/t14-,15+/m1/s1. The number of sulfone groups is 1. The number of amides is 1. The molecule has 2 fully saturated rings. The fourth-order valence-corrected chi connectivity index (χ4v) is 7.47. The number of hydrogen-bond donors (Lipinski definition) is 2. The van der Waals surface area contributed by atoms with E-state index in [4.69, 9.17) is 11.6 Å². The summed E-state index contributed by atoms with van der Waals surface area (Å²) in [4.78, 5) is 16.9. The Morgan fingerprint density at radius 1 is 1.23 bits per heavy atom. The van der Waals surface area contributed by atoms with Gasteiger partial charge in [-0.15, -0.1) is 0 Å². The molecule has 0 aromatic heterocycles. The number of fused-ring (bicyclic) bond motifs is 1. The van der Waals surface area contributed by atoms with Crippen molar-refractivity contribution in [1.82, 2.24) is 5.32 Å². The molecule has 9 heteroatoms. The van der Waals surface area contributed by atoms with Gasteiger partial charge in [0.25, 0.3) is 5.91 Å². The van der Waals surface area contributed by atoms with E-state index in [-0.39, 0.29) is 34.7 Å². The van der Waals surface area contributed by atoms with E-state index in [2.05, 4.69) is 15.6 Å². The lowest BCUT2D eigenvalue weighted by Gasteiger charge is -2.14. The number of nitrogens with zero attached hydrogens (tertiary/aromatic N) is 1. The van der Waals surface area contributed by atoms with Gasteiger partial charge in [-0.2, -0.15) is 0 Å². The second kappa shape index (κ2) is 7.05. The van der Waals surface area contributed by atoms with Gasteiger partial charge < -0.3 is 10.6 Å². The third-order valence-electron chi connectivity index (χ3n) is 4.98. The third-order valence-corrected chi connectivity index (χ3v) is 8.45. The Kier molecular flexibility index (Phi) is 4.92. The highest BCUT2D eigenvalue weighted by atomic mass is 35.5. The summed E-state index contributed by atoms with van der Waals surface area (Å²) in [6.07, 6.45) is 4.38. The maximum absolute atomic E-state index is 12.4. The van der Waals surface area contributed by atoms with E-state index < -0.39 is 9.84 Å². The molecule has 0 bridgehead atoms. The average molecular weight is 414 g/mol. The van der Waals surface area contributed by atoms with Gasteiger partial charge in [-0.05, 0) is 31.0 Å². The molecule has 2 atom stereocenters. The summed E-state index contributed by atoms with van der Waals surface area (Å²) >= 11 is 7.69. The van der Waals surface area contributed by atoms with Crippen molar-refractivity contribution in [1.29, 1.82) is 0 Å². The maximum atomic E-state index is 12.4. The summed E-state index contributed by atoms with van der Waals surface area (Å²) in [5, 5.41) is 7.35. The lowest BCUT2D eigenvalue weighted by Crippen LogP contribution is -2.32. The third kappa shape index (κ3) is 3.87. The van der Waals surface area contributed by atoms with E-state index in [1.165, 1.54) is 11.8 Å². The number of nitrogens with one attached hydrogen (secondary N) is 2. The number of carbonyl (C=O) groups is 1. The molecule has 1 aliphatic carbocycles. The van der Waals surface area contributed by atoms with Crippen molar-refractivity contribution in [3.8, 4) is 0 Å². The Balaban J connectivity index is 1.46. The Morgan fingerprint density at radius 2 is 2.00 bits per heavy atom. The van der Waals surface area contributed by atoms with Gasteiger partial charge in [-0.25, -0.2) is 8.42 Å². The molecule has 1 aromatic rings. The molecular formula is C17H20ClN3O3S2. The van der Waals surface area contributed by atoms with Gasteiger partial charge in [0.1, 0.15) is 0 Å². The molecule has 0 radical (unpaired) electrons. The van der Waals surface area contributed by atoms with Crippen LogP contribution in [0, 0.1) is 0 Å². The van der Waals surface area contributed by atoms with Crippen molar-refractivity contribution >= 4 is 50.0 Å². The van der Waals surface area contributed by atoms with E-state index in [1.54, 1.807) is 18.2 Å². The summed E-state index contributed by atoms with van der Waals surface area (Å²) in [5.41, 5.74) is 1.16. The minimum atomic E-state index is -2.97. The molecule has 26 heavy (non-hydrogen) atoms. The van der Waals surface area contributed by atoms with Crippen LogP contribution in [-0.4, -0.2) is 48.3 Å². The molecular weight excluding hydrogens is 394 g/mol. The van der Waals surface area contributed by atoms with Crippen LogP contribution < -0.4 is 10.6 Å². The number of anilines is 1. The van der Waals surface area contributed by atoms with E-state index >= 15 is 0 Å². The lowest BCUT2D eigenvalue weighted by molar-refractivity contribution is 0.0938. The van der Waals surface area contributed by atoms with Gasteiger partial charge in [0.05, 0.1) is 28.3 Å². The normalized spacial score (nSPS) is 27.2. The predicted molar refractivity (Wildman–Crippen MR) is 106 cm³/mol. The zero-order chi connectivity index (χ0) is 18.3. The van der Waals surface area contributed by atoms with Crippen LogP contribution in [0.3, 0.4) is 0 Å². The van der Waals surface area contributed by atoms with Crippen LogP contribution in [0.25, 0.3) is 0 Å². The Morgan fingerprint density at radius 3 is 2.73 bits per heavy atom. The van der Waals surface area contributed by atoms with Gasteiger partial charge >= 0.3 is 0 Å². The van der Waals surface area contributed by atoms with Gasteiger partial charge in [-0.1, -0.05) is 36.2 Å². The van der Waals surface area contributed by atoms with Crippen molar-refractivity contribution in [2.45, 2.75) is 43.0 Å². The van der Waals surface area contributed by atoms with Gasteiger partial charge in [0.2, 0.25) is 0 Å². The first kappa shape index (κ1) is 18.1. The number of halogens is 1. The SMILES string of the molecule is O=C(NC1CCCC1)c1ccc(Cl)c(NC2=N[C@@H]3CS(=O)(=O)C[C@@H]3S2)c1. The monoisotopic (exact) mass is 413 g/mol. The Labute approximate surface area is 162 Å². The quantitative estimate of drug-likeness (QED) is 0.795. The number of amidine groups is 1. The predicted octanol–water partition coefficient (Wildman–Crippen LogP) is 2.69. The summed E-state index contributed by atoms with van der Waals surface area (Å²) < 4.78 is 23.3. The van der Waals surface area contributed by atoms with E-state index in [0.29, 0.717) is 21.4 Å². The molecule has 6 nitrogen and oxygen atoms in total. The first-order valence-electron chi connectivity index (χ1n) is 8.72. The van der Waals surface area contributed by atoms with Crippen molar-refractivity contribution < 1.29 is 13.2 Å². The number of thioether (sulfide) groups is 1. The first-order chi connectivity index (χ1) is 12.4. The fourth-order valence-electron chi connectivity index (χ4n) is 3.63. The number of benzene rings is 1. The molecule has 140 valence electrons. The molecule has 3 aliphatic rings. The minimum Gasteiger partial charge on any atom is -0.349 e. The second-order valence-electron chi connectivity index (χ2n) is 7.01. The molecule has 0 spiro atoms. The molecule has 0 unspecified atom stereocenters. The number of aliphatic imine (C=N–C) groups is 1. The zero-order valence-corrected chi connectivity index (χ0v) is 16.5. The average Bonchev–Trinajstić information content (AvgIpc) is 3.24. The topological polar surface area (TPSA) is 87.6 Å². The molecule has 1 saturated heterocycles. The van der Waals surface area contributed by atoms with Gasteiger partial charge in [0.15, 0.2) is 15.0 Å². The van der Waals surface area contributed by atoms with Crippen LogP contribution in [0.5, 0.6) is 0 Å². The molecule has 2 aliphatic heterocycles. The van der Waals surface area contributed by atoms with Gasteiger partial charge in [-0.3, -0.25) is 9.79 Å². The van der Waals surface area contributed by atoms with Crippen molar-refractivity contribution in [2.24, 2.45) is 4.99 Å². The summed E-state index contributed by atoms with van der Waals surface area (Å²) in [5.74, 6) is 0.169. The molecule has 1 saturated carbocycles. The largest absolute Gasteiger partial charge is 0.349 e. The van der Waals surface area contributed by atoms with E-state index in [0.717, 1.165) is 25.7 Å². The van der Waals surface area contributed by atoms with Crippen molar-refractivity contribution in [3.63, 3.8) is 0 Å². The first-order valence-corrected chi connectivity index (χ1v) is 11.8. The fraction of sp³-hybridized carbons (Fsp3) is 0.529. The summed E-state index contributed by atoms with van der Waals surface area (Å²) in [6.45, 7) is 0. The van der Waals surface area contributed by atoms with Crippen LogP contribution in [0.15, 0.2) is 23.2 Å². The molecule has 1 amide bonds. The molecule has 2 N–H and O–H groups in total. The number of rotatable bonds is 3. The smallest absolute Gasteiger partial charge is 0.251 e. The zero-order valence-electron chi connectivity index (χ0n) is 14.1. The van der Waals surface area contributed by atoms with Crippen LogP contribution in [0.2, 0.25) is 5.02 Å². The van der Waals surface area contributed by atoms with Crippen LogP contribution >= 0.6 is 23.4 Å². The highest BCUT2D eigenvalue weighted by Crippen LogP contribution is 2.35. The Bertz CT molecular complexity index is 866. The van der Waals surface area contributed by atoms with Crippen LogP contribution in [0.1, 0.15) is 36.0 Å². The lowest BCUT2D eigenvalue weighted by atomic mass is 10.1. The molecule has 1 aromatic carbocycles. The minimum absolute atomic E-state index is 0.0323. The maximum Gasteiger partial charge on any atom is 0.251 e. The van der Waals surface area contributed by atoms with Crippen molar-refractivity contribution in [3.05, 3.63) is 28.8 Å². The van der Waals surface area contributed by atoms with E-state index in [9.17, 15) is 13.2 Å². The van der Waals surface area contributed by atoms with E-state index in [1.807, 2.05) is 0 Å². The Hall–Kier alpha value is -1.25. The molecule has 4 rings (SSSR count). The number of carbonyl (C=O) groups excluding carboxylic acids is 1. The highest BCUT2D eigenvalue weighted by molar-refractivity contribution is 8.15. The molecule has 2 heterocycles. The second-order valence-corrected chi connectivity index (χ2v) is 10.8. The summed E-state index contributed by atoms with van der Waals surface area (Å²) in [7, 11) is -2.97. The summed E-state index contributed by atoms with van der Waals surface area (Å²) in [6, 6.07) is 5.19. The van der Waals surface area contributed by atoms with Crippen LogP contribution in [0.4, 0.5) is 5.69 Å². The van der Waals surface area contributed by atoms with Crippen LogP contribution in [-0.2, 0) is 9.84 Å². The van der Waals surface area contributed by atoms with Crippen molar-refractivity contribution in [2.75, 3.05) is 16.8 Å². The van der Waals surface area contributed by atoms with Gasteiger partial charge in [0, 0.05) is 16.9 Å².